The van der Waals surface area contributed by atoms with Gasteiger partial charge >= 0.3 is 5.97 Å². The van der Waals surface area contributed by atoms with Crippen molar-refractivity contribution in [2.45, 2.75) is 20.0 Å². The predicted molar refractivity (Wildman–Crippen MR) is 93.3 cm³/mol. The maximum atomic E-state index is 12.3. The van der Waals surface area contributed by atoms with Crippen molar-refractivity contribution in [2.24, 2.45) is 0 Å². The van der Waals surface area contributed by atoms with Crippen LogP contribution in [0.25, 0.3) is 0 Å². The van der Waals surface area contributed by atoms with Crippen LogP contribution in [0.4, 0.5) is 5.69 Å². The lowest BCUT2D eigenvalue weighted by atomic mass is 10.1. The molecular formula is C17H15Cl2NO4. The molecule has 0 heterocycles. The van der Waals surface area contributed by atoms with Crippen LogP contribution in [-0.2, 0) is 4.79 Å². The van der Waals surface area contributed by atoms with Gasteiger partial charge in [0.1, 0.15) is 5.75 Å². The zero-order chi connectivity index (χ0) is 17.9. The van der Waals surface area contributed by atoms with Crippen LogP contribution in [-0.4, -0.2) is 23.1 Å². The van der Waals surface area contributed by atoms with E-state index in [2.05, 4.69) is 5.32 Å². The maximum absolute atomic E-state index is 12.3. The molecule has 2 aromatic rings. The zero-order valence-electron chi connectivity index (χ0n) is 13.0. The fourth-order valence-corrected chi connectivity index (χ4v) is 2.42. The van der Waals surface area contributed by atoms with E-state index in [0.717, 1.165) is 5.56 Å². The van der Waals surface area contributed by atoms with Gasteiger partial charge in [0.05, 0.1) is 11.3 Å². The summed E-state index contributed by atoms with van der Waals surface area (Å²) in [5.74, 6) is -1.14. The SMILES string of the molecule is Cc1cc(Cl)ccc1O[C@@H](C)C(=O)Nc1ccc(Cl)cc1C(=O)O. The molecule has 0 saturated heterocycles. The van der Waals surface area contributed by atoms with E-state index >= 15 is 0 Å². The van der Waals surface area contributed by atoms with Crippen molar-refractivity contribution in [3.8, 4) is 5.75 Å². The lowest BCUT2D eigenvalue weighted by molar-refractivity contribution is -0.122. The first-order valence-corrected chi connectivity index (χ1v) is 7.80. The van der Waals surface area contributed by atoms with E-state index < -0.39 is 18.0 Å². The highest BCUT2D eigenvalue weighted by atomic mass is 35.5. The number of carbonyl (C=O) groups excluding carboxylic acids is 1. The zero-order valence-corrected chi connectivity index (χ0v) is 14.5. The number of carboxylic acids is 1. The Labute approximate surface area is 149 Å². The highest BCUT2D eigenvalue weighted by Crippen LogP contribution is 2.24. The molecule has 24 heavy (non-hydrogen) atoms. The Kier molecular flexibility index (Phi) is 5.70. The molecule has 2 rings (SSSR count). The summed E-state index contributed by atoms with van der Waals surface area (Å²) in [6.07, 6.45) is -0.831. The molecule has 0 aliphatic heterocycles. The number of ether oxygens (including phenoxy) is 1. The Morgan fingerprint density at radius 1 is 1.12 bits per heavy atom. The summed E-state index contributed by atoms with van der Waals surface area (Å²) < 4.78 is 5.61. The molecule has 0 aliphatic rings. The summed E-state index contributed by atoms with van der Waals surface area (Å²) >= 11 is 11.7. The minimum atomic E-state index is -1.19. The second-order valence-corrected chi connectivity index (χ2v) is 6.03. The van der Waals surface area contributed by atoms with Crippen LogP contribution in [0, 0.1) is 6.92 Å². The average Bonchev–Trinajstić information content (AvgIpc) is 2.51. The van der Waals surface area contributed by atoms with E-state index in [9.17, 15) is 14.7 Å². The number of hydrogen-bond donors (Lipinski definition) is 2. The highest BCUT2D eigenvalue weighted by molar-refractivity contribution is 6.31. The summed E-state index contributed by atoms with van der Waals surface area (Å²) in [7, 11) is 0. The van der Waals surface area contributed by atoms with Crippen LogP contribution in [0.2, 0.25) is 10.0 Å². The number of aromatic carboxylic acids is 1. The van der Waals surface area contributed by atoms with Crippen molar-refractivity contribution in [3.05, 3.63) is 57.6 Å². The Hall–Kier alpha value is -2.24. The third-order valence-corrected chi connectivity index (χ3v) is 3.75. The summed E-state index contributed by atoms with van der Waals surface area (Å²) in [6, 6.07) is 9.27. The molecule has 5 nitrogen and oxygen atoms in total. The second kappa shape index (κ2) is 7.55. The number of carbonyl (C=O) groups is 2. The molecule has 0 radical (unpaired) electrons. The van der Waals surface area contributed by atoms with Gasteiger partial charge in [-0.15, -0.1) is 0 Å². The first kappa shape index (κ1) is 18.1. The lowest BCUT2D eigenvalue weighted by Gasteiger charge is -2.17. The number of amides is 1. The van der Waals surface area contributed by atoms with Gasteiger partial charge in [-0.1, -0.05) is 23.2 Å². The van der Waals surface area contributed by atoms with Gasteiger partial charge in [0.15, 0.2) is 6.10 Å². The van der Waals surface area contributed by atoms with Crippen LogP contribution >= 0.6 is 23.2 Å². The molecule has 0 saturated carbocycles. The largest absolute Gasteiger partial charge is 0.481 e. The molecule has 126 valence electrons. The minimum absolute atomic E-state index is 0.0919. The summed E-state index contributed by atoms with van der Waals surface area (Å²) in [5, 5.41) is 12.6. The topological polar surface area (TPSA) is 75.6 Å². The second-order valence-electron chi connectivity index (χ2n) is 5.15. The van der Waals surface area contributed by atoms with Crippen molar-refractivity contribution in [1.29, 1.82) is 0 Å². The maximum Gasteiger partial charge on any atom is 0.337 e. The molecule has 1 atom stereocenters. The Bertz CT molecular complexity index is 792. The number of benzene rings is 2. The van der Waals surface area contributed by atoms with Crippen molar-refractivity contribution in [3.63, 3.8) is 0 Å². The molecule has 2 aromatic carbocycles. The van der Waals surface area contributed by atoms with Crippen molar-refractivity contribution >= 4 is 40.8 Å². The van der Waals surface area contributed by atoms with Gasteiger partial charge in [0.2, 0.25) is 0 Å². The van der Waals surface area contributed by atoms with Crippen LogP contribution < -0.4 is 10.1 Å². The van der Waals surface area contributed by atoms with Gasteiger partial charge in [-0.3, -0.25) is 4.79 Å². The number of rotatable bonds is 5. The van der Waals surface area contributed by atoms with Gasteiger partial charge in [-0.25, -0.2) is 4.79 Å². The molecule has 0 bridgehead atoms. The number of aryl methyl sites for hydroxylation is 1. The van der Waals surface area contributed by atoms with E-state index in [1.165, 1.54) is 18.2 Å². The van der Waals surface area contributed by atoms with E-state index in [4.69, 9.17) is 27.9 Å². The van der Waals surface area contributed by atoms with Crippen molar-refractivity contribution < 1.29 is 19.4 Å². The predicted octanol–water partition coefficient (Wildman–Crippen LogP) is 4.41. The smallest absolute Gasteiger partial charge is 0.337 e. The normalized spacial score (nSPS) is 11.7. The Morgan fingerprint density at radius 2 is 1.75 bits per heavy atom. The van der Waals surface area contributed by atoms with Gasteiger partial charge in [0.25, 0.3) is 5.91 Å². The molecule has 0 unspecified atom stereocenters. The molecule has 0 spiro atoms. The van der Waals surface area contributed by atoms with E-state index in [1.807, 2.05) is 6.92 Å². The van der Waals surface area contributed by atoms with E-state index in [-0.39, 0.29) is 16.3 Å². The van der Waals surface area contributed by atoms with Gasteiger partial charge < -0.3 is 15.2 Å². The van der Waals surface area contributed by atoms with Crippen LogP contribution in [0.3, 0.4) is 0 Å². The van der Waals surface area contributed by atoms with Gasteiger partial charge in [-0.05, 0) is 55.8 Å². The van der Waals surface area contributed by atoms with Gasteiger partial charge in [0, 0.05) is 10.0 Å². The number of carboxylic acid groups (broad SMARTS) is 1. The number of hydrogen-bond acceptors (Lipinski definition) is 3. The van der Waals surface area contributed by atoms with Crippen molar-refractivity contribution in [2.75, 3.05) is 5.32 Å². The fourth-order valence-electron chi connectivity index (χ4n) is 2.03. The molecule has 0 fully saturated rings. The first-order chi connectivity index (χ1) is 11.3. The van der Waals surface area contributed by atoms with Crippen LogP contribution in [0.15, 0.2) is 36.4 Å². The third-order valence-electron chi connectivity index (χ3n) is 3.28. The summed E-state index contributed by atoms with van der Waals surface area (Å²) in [6.45, 7) is 3.38. The van der Waals surface area contributed by atoms with E-state index in [0.29, 0.717) is 10.8 Å². The summed E-state index contributed by atoms with van der Waals surface area (Å²) in [5.41, 5.74) is 0.853. The van der Waals surface area contributed by atoms with Crippen LogP contribution in [0.5, 0.6) is 5.75 Å². The molecule has 0 aliphatic carbocycles. The number of anilines is 1. The monoisotopic (exact) mass is 367 g/mol. The highest BCUT2D eigenvalue weighted by Gasteiger charge is 2.19. The fraction of sp³-hybridized carbons (Fsp3) is 0.176. The first-order valence-electron chi connectivity index (χ1n) is 7.04. The number of nitrogens with one attached hydrogen (secondary N) is 1. The molecule has 2 N–H and O–H groups in total. The molecule has 7 heteroatoms. The Balaban J connectivity index is 2.13. The van der Waals surface area contributed by atoms with Crippen LogP contribution in [0.1, 0.15) is 22.8 Å². The standard InChI is InChI=1S/C17H15Cl2NO4/c1-9-7-11(18)4-6-15(9)24-10(2)16(21)20-14-5-3-12(19)8-13(14)17(22)23/h3-8,10H,1-2H3,(H,20,21)(H,22,23)/t10-/m0/s1. The Morgan fingerprint density at radius 3 is 2.38 bits per heavy atom. The number of halogens is 2. The third kappa shape index (κ3) is 4.40. The minimum Gasteiger partial charge on any atom is -0.481 e. The van der Waals surface area contributed by atoms with Crippen molar-refractivity contribution in [1.82, 2.24) is 0 Å². The molecule has 0 aromatic heterocycles. The lowest BCUT2D eigenvalue weighted by Crippen LogP contribution is -2.31. The van der Waals surface area contributed by atoms with Gasteiger partial charge in [-0.2, -0.15) is 0 Å². The quantitative estimate of drug-likeness (QED) is 0.820. The van der Waals surface area contributed by atoms with E-state index in [1.54, 1.807) is 25.1 Å². The molecule has 1 amide bonds. The average molecular weight is 368 g/mol. The molecular weight excluding hydrogens is 353 g/mol. The summed E-state index contributed by atoms with van der Waals surface area (Å²) in [4.78, 5) is 23.5.